The number of amides is 2. The van der Waals surface area contributed by atoms with Crippen LogP contribution in [0.4, 0.5) is 10.5 Å². The van der Waals surface area contributed by atoms with E-state index in [-0.39, 0.29) is 12.1 Å². The number of urea groups is 1. The number of benzene rings is 2. The Bertz CT molecular complexity index is 827. The first kappa shape index (κ1) is 17.6. The smallest absolute Gasteiger partial charge is 0.322 e. The summed E-state index contributed by atoms with van der Waals surface area (Å²) in [6.07, 6.45) is 1.81. The lowest BCUT2D eigenvalue weighted by atomic mass is 10.0. The SMILES string of the molecule is COc1ccc(C2CCCN2C(=O)Nc2ccc(C#N)cc2)c(OC)c1. The lowest BCUT2D eigenvalue weighted by Gasteiger charge is -2.26. The van der Waals surface area contributed by atoms with Crippen molar-refractivity contribution in [3.63, 3.8) is 0 Å². The first-order valence-corrected chi connectivity index (χ1v) is 8.46. The zero-order valence-corrected chi connectivity index (χ0v) is 14.9. The maximum Gasteiger partial charge on any atom is 0.322 e. The fourth-order valence-corrected chi connectivity index (χ4v) is 3.25. The number of carbonyl (C=O) groups excluding carboxylic acids is 1. The van der Waals surface area contributed by atoms with Gasteiger partial charge in [0.15, 0.2) is 0 Å². The number of hydrogen-bond acceptors (Lipinski definition) is 4. The third-order valence-corrected chi connectivity index (χ3v) is 4.58. The predicted molar refractivity (Wildman–Crippen MR) is 98.4 cm³/mol. The van der Waals surface area contributed by atoms with Gasteiger partial charge < -0.3 is 19.7 Å². The van der Waals surface area contributed by atoms with Gasteiger partial charge in [-0.25, -0.2) is 4.79 Å². The van der Waals surface area contributed by atoms with Crippen LogP contribution in [0.5, 0.6) is 11.5 Å². The van der Waals surface area contributed by atoms with Gasteiger partial charge in [0.05, 0.1) is 31.9 Å². The molecule has 0 saturated carbocycles. The topological polar surface area (TPSA) is 74.6 Å². The molecule has 1 fully saturated rings. The van der Waals surface area contributed by atoms with Crippen LogP contribution in [0.1, 0.15) is 30.0 Å². The van der Waals surface area contributed by atoms with E-state index in [0.29, 0.717) is 23.5 Å². The van der Waals surface area contributed by atoms with E-state index in [2.05, 4.69) is 11.4 Å². The van der Waals surface area contributed by atoms with E-state index in [1.807, 2.05) is 23.1 Å². The van der Waals surface area contributed by atoms with Crippen molar-refractivity contribution in [2.75, 3.05) is 26.1 Å². The quantitative estimate of drug-likeness (QED) is 0.905. The first-order chi connectivity index (χ1) is 12.7. The molecule has 1 aliphatic heterocycles. The molecular formula is C20H21N3O3. The average Bonchev–Trinajstić information content (AvgIpc) is 3.17. The molecule has 1 atom stereocenters. The number of nitriles is 1. The van der Waals surface area contributed by atoms with Crippen LogP contribution in [0, 0.1) is 11.3 Å². The normalized spacial score (nSPS) is 16.0. The van der Waals surface area contributed by atoms with Gasteiger partial charge in [0.1, 0.15) is 11.5 Å². The van der Waals surface area contributed by atoms with E-state index >= 15 is 0 Å². The van der Waals surface area contributed by atoms with E-state index in [1.165, 1.54) is 0 Å². The number of likely N-dealkylation sites (tertiary alicyclic amines) is 1. The van der Waals surface area contributed by atoms with Gasteiger partial charge in [-0.1, -0.05) is 0 Å². The van der Waals surface area contributed by atoms with Crippen LogP contribution in [0.2, 0.25) is 0 Å². The van der Waals surface area contributed by atoms with Gasteiger partial charge in [-0.3, -0.25) is 0 Å². The van der Waals surface area contributed by atoms with Crippen molar-refractivity contribution in [2.24, 2.45) is 0 Å². The molecule has 134 valence electrons. The lowest BCUT2D eigenvalue weighted by Crippen LogP contribution is -2.34. The molecule has 3 rings (SSSR count). The van der Waals surface area contributed by atoms with E-state index < -0.39 is 0 Å². The minimum absolute atomic E-state index is 0.0470. The Hall–Kier alpha value is -3.20. The van der Waals surface area contributed by atoms with Gasteiger partial charge in [0.25, 0.3) is 0 Å². The van der Waals surface area contributed by atoms with Gasteiger partial charge in [0.2, 0.25) is 0 Å². The summed E-state index contributed by atoms with van der Waals surface area (Å²) < 4.78 is 10.8. The number of methoxy groups -OCH3 is 2. The molecule has 2 aromatic rings. The maximum atomic E-state index is 12.8. The lowest BCUT2D eigenvalue weighted by molar-refractivity contribution is 0.206. The van der Waals surface area contributed by atoms with Crippen molar-refractivity contribution in [1.82, 2.24) is 4.90 Å². The van der Waals surface area contributed by atoms with Crippen LogP contribution < -0.4 is 14.8 Å². The minimum Gasteiger partial charge on any atom is -0.497 e. The summed E-state index contributed by atoms with van der Waals surface area (Å²) in [5.74, 6) is 1.43. The summed E-state index contributed by atoms with van der Waals surface area (Å²) in [7, 11) is 3.23. The van der Waals surface area contributed by atoms with Crippen molar-refractivity contribution in [2.45, 2.75) is 18.9 Å². The summed E-state index contributed by atoms with van der Waals surface area (Å²) >= 11 is 0. The number of rotatable bonds is 4. The second-order valence-corrected chi connectivity index (χ2v) is 6.08. The molecule has 2 amide bonds. The Morgan fingerprint density at radius 3 is 2.62 bits per heavy atom. The third-order valence-electron chi connectivity index (χ3n) is 4.58. The molecule has 0 spiro atoms. The predicted octanol–water partition coefficient (Wildman–Crippen LogP) is 3.94. The maximum absolute atomic E-state index is 12.8. The number of hydrogen-bond donors (Lipinski definition) is 1. The summed E-state index contributed by atoms with van der Waals surface area (Å²) in [5.41, 5.74) is 2.20. The molecule has 1 heterocycles. The Labute approximate surface area is 152 Å². The van der Waals surface area contributed by atoms with Crippen molar-refractivity contribution in [3.8, 4) is 17.6 Å². The molecule has 1 N–H and O–H groups in total. The molecule has 6 nitrogen and oxygen atoms in total. The second kappa shape index (κ2) is 7.79. The van der Waals surface area contributed by atoms with E-state index in [9.17, 15) is 4.79 Å². The summed E-state index contributed by atoms with van der Waals surface area (Å²) in [5, 5.41) is 11.8. The van der Waals surface area contributed by atoms with Crippen LogP contribution in [0.3, 0.4) is 0 Å². The van der Waals surface area contributed by atoms with Crippen LogP contribution in [0.15, 0.2) is 42.5 Å². The minimum atomic E-state index is -0.157. The highest BCUT2D eigenvalue weighted by molar-refractivity contribution is 5.90. The van der Waals surface area contributed by atoms with E-state index in [0.717, 1.165) is 24.2 Å². The molecule has 1 unspecified atom stereocenters. The zero-order valence-electron chi connectivity index (χ0n) is 14.9. The van der Waals surface area contributed by atoms with Crippen LogP contribution >= 0.6 is 0 Å². The molecule has 6 heteroatoms. The summed E-state index contributed by atoms with van der Waals surface area (Å²) in [4.78, 5) is 14.6. The largest absolute Gasteiger partial charge is 0.497 e. The van der Waals surface area contributed by atoms with Gasteiger partial charge in [-0.2, -0.15) is 5.26 Å². The molecule has 0 radical (unpaired) electrons. The Morgan fingerprint density at radius 2 is 1.96 bits per heavy atom. The standard InChI is InChI=1S/C20H21N3O3/c1-25-16-9-10-17(19(12-16)26-2)18-4-3-11-23(18)20(24)22-15-7-5-14(13-21)6-8-15/h5-10,12,18H,3-4,11H2,1-2H3,(H,22,24). The van der Waals surface area contributed by atoms with Crippen molar-refractivity contribution >= 4 is 11.7 Å². The van der Waals surface area contributed by atoms with Gasteiger partial charge >= 0.3 is 6.03 Å². The zero-order chi connectivity index (χ0) is 18.5. The molecule has 1 aliphatic rings. The monoisotopic (exact) mass is 351 g/mol. The molecular weight excluding hydrogens is 330 g/mol. The van der Waals surface area contributed by atoms with Crippen LogP contribution in [-0.2, 0) is 0 Å². The highest BCUT2D eigenvalue weighted by Crippen LogP contribution is 2.38. The van der Waals surface area contributed by atoms with E-state index in [4.69, 9.17) is 14.7 Å². The fraction of sp³-hybridized carbons (Fsp3) is 0.300. The highest BCUT2D eigenvalue weighted by atomic mass is 16.5. The van der Waals surface area contributed by atoms with Gasteiger partial charge in [0, 0.05) is 23.9 Å². The number of ether oxygens (including phenoxy) is 2. The number of carbonyl (C=O) groups is 1. The summed E-state index contributed by atoms with van der Waals surface area (Å²) in [6, 6.07) is 14.4. The Balaban J connectivity index is 1.79. The Morgan fingerprint density at radius 1 is 1.19 bits per heavy atom. The molecule has 0 bridgehead atoms. The van der Waals surface area contributed by atoms with Crippen molar-refractivity contribution in [3.05, 3.63) is 53.6 Å². The number of anilines is 1. The van der Waals surface area contributed by atoms with Crippen molar-refractivity contribution in [1.29, 1.82) is 5.26 Å². The summed E-state index contributed by atoms with van der Waals surface area (Å²) in [6.45, 7) is 0.683. The van der Waals surface area contributed by atoms with Crippen LogP contribution in [0.25, 0.3) is 0 Å². The first-order valence-electron chi connectivity index (χ1n) is 8.46. The van der Waals surface area contributed by atoms with Gasteiger partial charge in [-0.15, -0.1) is 0 Å². The fourth-order valence-electron chi connectivity index (χ4n) is 3.25. The van der Waals surface area contributed by atoms with E-state index in [1.54, 1.807) is 38.5 Å². The average molecular weight is 351 g/mol. The van der Waals surface area contributed by atoms with Crippen molar-refractivity contribution < 1.29 is 14.3 Å². The molecule has 26 heavy (non-hydrogen) atoms. The Kier molecular flexibility index (Phi) is 5.28. The molecule has 1 saturated heterocycles. The molecule has 0 aliphatic carbocycles. The number of nitrogens with zero attached hydrogens (tertiary/aromatic N) is 2. The molecule has 2 aromatic carbocycles. The van der Waals surface area contributed by atoms with Gasteiger partial charge in [-0.05, 0) is 49.2 Å². The molecule has 0 aromatic heterocycles. The second-order valence-electron chi connectivity index (χ2n) is 6.08. The van der Waals surface area contributed by atoms with Crippen LogP contribution in [-0.4, -0.2) is 31.7 Å². The number of nitrogens with one attached hydrogen (secondary N) is 1. The highest BCUT2D eigenvalue weighted by Gasteiger charge is 2.32. The third kappa shape index (κ3) is 3.57.